The van der Waals surface area contributed by atoms with Crippen molar-refractivity contribution >= 4 is 53.1 Å². The fourth-order valence-corrected chi connectivity index (χ4v) is 6.33. The molecule has 0 atom stereocenters. The molecule has 2 aromatic heterocycles. The first kappa shape index (κ1) is 19.7. The molecular formula is C22H20AsN4OS. The summed E-state index contributed by atoms with van der Waals surface area (Å²) >= 11 is 1.26. The number of nitrogens with zero attached hydrogens (tertiary/aromatic N) is 3. The van der Waals surface area contributed by atoms with Gasteiger partial charge in [0.15, 0.2) is 0 Å². The summed E-state index contributed by atoms with van der Waals surface area (Å²) in [5, 5.41) is 10.5. The van der Waals surface area contributed by atoms with E-state index < -0.39 is 15.8 Å². The molecule has 0 aliphatic rings. The van der Waals surface area contributed by atoms with Crippen molar-refractivity contribution in [3.05, 3.63) is 66.6 Å². The Hall–Kier alpha value is -2.56. The molecule has 0 aliphatic carbocycles. The van der Waals surface area contributed by atoms with Gasteiger partial charge in [0.2, 0.25) is 0 Å². The summed E-state index contributed by atoms with van der Waals surface area (Å²) < 4.78 is 2.21. The molecule has 0 spiro atoms. The Morgan fingerprint density at radius 1 is 1.00 bits per heavy atom. The van der Waals surface area contributed by atoms with E-state index in [1.54, 1.807) is 30.2 Å². The number of phenols is 1. The molecule has 4 rings (SSSR count). The third-order valence-electron chi connectivity index (χ3n) is 4.36. The standard InChI is InChI=1S/C22H20AsN4OS/c1-13(2)19-9-8-17-21(25-12-26-22(17)27-19)23-18-11-14(24)3-10-20(18)29-16-6-4-15(28)5-7-16/h3-13,28H,24H2,1-2H3. The van der Waals surface area contributed by atoms with Crippen LogP contribution < -0.4 is 14.6 Å². The van der Waals surface area contributed by atoms with Crippen LogP contribution in [-0.2, 0) is 0 Å². The topological polar surface area (TPSA) is 84.9 Å². The number of anilines is 1. The second-order valence-corrected chi connectivity index (χ2v) is 10.4. The van der Waals surface area contributed by atoms with Crippen LogP contribution in [0.4, 0.5) is 5.69 Å². The van der Waals surface area contributed by atoms with Gasteiger partial charge in [-0.15, -0.1) is 0 Å². The fourth-order valence-electron chi connectivity index (χ4n) is 2.82. The van der Waals surface area contributed by atoms with Gasteiger partial charge in [0, 0.05) is 0 Å². The van der Waals surface area contributed by atoms with E-state index in [2.05, 4.69) is 42.0 Å². The molecule has 0 amide bonds. The van der Waals surface area contributed by atoms with Gasteiger partial charge in [0.1, 0.15) is 0 Å². The van der Waals surface area contributed by atoms with Crippen LogP contribution in [0.5, 0.6) is 5.75 Å². The van der Waals surface area contributed by atoms with Crippen LogP contribution in [0.2, 0.25) is 0 Å². The van der Waals surface area contributed by atoms with E-state index in [0.717, 1.165) is 36.7 Å². The Balaban J connectivity index is 1.70. The van der Waals surface area contributed by atoms with E-state index in [1.165, 1.54) is 4.35 Å². The van der Waals surface area contributed by atoms with E-state index in [0.29, 0.717) is 5.92 Å². The van der Waals surface area contributed by atoms with Crippen molar-refractivity contribution < 1.29 is 5.11 Å². The number of hydrogen-bond donors (Lipinski definition) is 2. The molecule has 0 unspecified atom stereocenters. The number of rotatable bonds is 5. The number of benzene rings is 2. The fraction of sp³-hybridized carbons (Fsp3) is 0.136. The van der Waals surface area contributed by atoms with Gasteiger partial charge in [-0.2, -0.15) is 0 Å². The van der Waals surface area contributed by atoms with Crippen LogP contribution in [0.1, 0.15) is 25.5 Å². The summed E-state index contributed by atoms with van der Waals surface area (Å²) in [5.41, 5.74) is 8.60. The molecule has 0 fully saturated rings. The predicted octanol–water partition coefficient (Wildman–Crippen LogP) is 3.24. The summed E-state index contributed by atoms with van der Waals surface area (Å²) in [6.45, 7) is 4.25. The number of nitrogens with two attached hydrogens (primary N) is 1. The number of phenolic OH excluding ortho intramolecular Hbond substituents is 1. The molecular weight excluding hydrogens is 443 g/mol. The summed E-state index contributed by atoms with van der Waals surface area (Å²) in [5.74, 6) is 0.618. The maximum atomic E-state index is 9.52. The Morgan fingerprint density at radius 3 is 2.55 bits per heavy atom. The molecule has 0 saturated heterocycles. The number of aromatic hydroxyl groups is 1. The Morgan fingerprint density at radius 2 is 1.79 bits per heavy atom. The van der Waals surface area contributed by atoms with Gasteiger partial charge < -0.3 is 0 Å². The zero-order chi connectivity index (χ0) is 20.4. The summed E-state index contributed by atoms with van der Waals surface area (Å²) in [4.78, 5) is 15.9. The minimum absolute atomic E-state index is 0.263. The van der Waals surface area contributed by atoms with Crippen LogP contribution in [0.3, 0.4) is 0 Å². The molecule has 29 heavy (non-hydrogen) atoms. The molecule has 0 aliphatic heterocycles. The van der Waals surface area contributed by atoms with Gasteiger partial charge in [-0.1, -0.05) is 0 Å². The van der Waals surface area contributed by atoms with E-state index in [-0.39, 0.29) is 5.75 Å². The van der Waals surface area contributed by atoms with Crippen molar-refractivity contribution in [1.29, 1.82) is 0 Å². The molecule has 1 radical (unpaired) electrons. The molecule has 7 heteroatoms. The van der Waals surface area contributed by atoms with Gasteiger partial charge in [0.05, 0.1) is 0 Å². The van der Waals surface area contributed by atoms with Gasteiger partial charge in [-0.05, 0) is 0 Å². The van der Waals surface area contributed by atoms with E-state index in [4.69, 9.17) is 10.7 Å². The SMILES string of the molecule is CC(C)c1ccc2c([As]c3cc(N)ccc3Sc3ccc(O)cc3)ncnc2n1. The third kappa shape index (κ3) is 4.55. The summed E-state index contributed by atoms with van der Waals surface area (Å²) in [7, 11) is 0. The monoisotopic (exact) mass is 463 g/mol. The van der Waals surface area contributed by atoms with Crippen molar-refractivity contribution in [1.82, 2.24) is 15.0 Å². The number of aromatic nitrogens is 3. The number of pyridine rings is 1. The van der Waals surface area contributed by atoms with Crippen molar-refractivity contribution in [2.24, 2.45) is 0 Å². The second-order valence-electron chi connectivity index (χ2n) is 6.89. The number of hydrogen-bond acceptors (Lipinski definition) is 6. The van der Waals surface area contributed by atoms with E-state index in [9.17, 15) is 5.11 Å². The average molecular weight is 463 g/mol. The predicted molar refractivity (Wildman–Crippen MR) is 120 cm³/mol. The van der Waals surface area contributed by atoms with Crippen molar-refractivity contribution in [2.75, 3.05) is 5.73 Å². The zero-order valence-corrected chi connectivity index (χ0v) is 18.8. The van der Waals surface area contributed by atoms with Crippen molar-refractivity contribution in [2.45, 2.75) is 29.6 Å². The first-order valence-electron chi connectivity index (χ1n) is 9.19. The van der Waals surface area contributed by atoms with Crippen LogP contribution in [0.15, 0.2) is 70.7 Å². The average Bonchev–Trinajstić information content (AvgIpc) is 2.71. The van der Waals surface area contributed by atoms with E-state index in [1.807, 2.05) is 24.3 Å². The third-order valence-corrected chi connectivity index (χ3v) is 8.25. The summed E-state index contributed by atoms with van der Waals surface area (Å²) in [6.07, 6.45) is 1.60. The minimum atomic E-state index is -0.404. The van der Waals surface area contributed by atoms with Gasteiger partial charge in [0.25, 0.3) is 0 Å². The summed E-state index contributed by atoms with van der Waals surface area (Å²) in [6, 6.07) is 17.4. The van der Waals surface area contributed by atoms with Crippen LogP contribution >= 0.6 is 11.8 Å². The first-order valence-corrected chi connectivity index (χ1v) is 11.9. The molecule has 4 aromatic rings. The van der Waals surface area contributed by atoms with E-state index >= 15 is 0 Å². The van der Waals surface area contributed by atoms with Gasteiger partial charge in [-0.3, -0.25) is 0 Å². The van der Waals surface area contributed by atoms with Crippen molar-refractivity contribution in [3.63, 3.8) is 0 Å². The quantitative estimate of drug-likeness (QED) is 0.349. The maximum absolute atomic E-state index is 9.52. The first-order chi connectivity index (χ1) is 14.0. The van der Waals surface area contributed by atoms with Crippen LogP contribution in [-0.4, -0.2) is 35.8 Å². The van der Waals surface area contributed by atoms with Gasteiger partial charge >= 0.3 is 181 Å². The molecule has 2 aromatic carbocycles. The Kier molecular flexibility index (Phi) is 5.74. The second kappa shape index (κ2) is 8.44. The molecule has 3 N–H and O–H groups in total. The number of fused-ring (bicyclic) bond motifs is 1. The molecule has 2 heterocycles. The van der Waals surface area contributed by atoms with Gasteiger partial charge in [-0.25, -0.2) is 0 Å². The molecule has 5 nitrogen and oxygen atoms in total. The molecule has 145 valence electrons. The van der Waals surface area contributed by atoms with Crippen molar-refractivity contribution in [3.8, 4) is 5.75 Å². The Labute approximate surface area is 180 Å². The Bertz CT molecular complexity index is 1170. The zero-order valence-electron chi connectivity index (χ0n) is 16.1. The normalized spacial score (nSPS) is 11.7. The van der Waals surface area contributed by atoms with Crippen LogP contribution in [0, 0.1) is 0 Å². The van der Waals surface area contributed by atoms with Crippen LogP contribution in [0.25, 0.3) is 11.0 Å². The molecule has 0 bridgehead atoms. The molecule has 0 saturated carbocycles. The number of nitrogen functional groups attached to an aromatic ring is 1.